The summed E-state index contributed by atoms with van der Waals surface area (Å²) < 4.78 is 5.04. The van der Waals surface area contributed by atoms with Crippen LogP contribution in [0, 0.1) is 0 Å². The minimum Gasteiger partial charge on any atom is -0.460 e. The van der Waals surface area contributed by atoms with Crippen LogP contribution in [0.15, 0.2) is 34.3 Å². The van der Waals surface area contributed by atoms with Crippen molar-refractivity contribution in [1.82, 2.24) is 4.90 Å². The zero-order valence-corrected chi connectivity index (χ0v) is 10.1. The Kier molecular flexibility index (Phi) is 2.59. The normalized spacial score (nSPS) is 16.6. The second-order valence-corrected chi connectivity index (χ2v) is 4.03. The summed E-state index contributed by atoms with van der Waals surface area (Å²) in [5, 5.41) is 0. The molecule has 5 heteroatoms. The second kappa shape index (κ2) is 4.25. The molecule has 0 aliphatic carbocycles. The van der Waals surface area contributed by atoms with Gasteiger partial charge in [0.25, 0.3) is 0 Å². The summed E-state index contributed by atoms with van der Waals surface area (Å²) in [6.45, 7) is 3.50. The Bertz CT molecular complexity index is 563. The van der Waals surface area contributed by atoms with Crippen LogP contribution in [0.5, 0.6) is 0 Å². The van der Waals surface area contributed by atoms with E-state index >= 15 is 0 Å². The molecule has 2 aliphatic rings. The van der Waals surface area contributed by atoms with Crippen LogP contribution in [0.4, 0.5) is 5.69 Å². The van der Waals surface area contributed by atoms with Crippen molar-refractivity contribution in [2.75, 3.05) is 19.7 Å². The zero-order valence-electron chi connectivity index (χ0n) is 10.1. The van der Waals surface area contributed by atoms with E-state index in [-0.39, 0.29) is 5.97 Å². The van der Waals surface area contributed by atoms with Crippen LogP contribution in [0.25, 0.3) is 0 Å². The number of ether oxygens (including phenoxy) is 1. The van der Waals surface area contributed by atoms with Gasteiger partial charge in [-0.3, -0.25) is 4.99 Å². The summed E-state index contributed by atoms with van der Waals surface area (Å²) in [6, 6.07) is 7.70. The highest BCUT2D eigenvalue weighted by Crippen LogP contribution is 2.28. The maximum Gasteiger partial charge on any atom is 0.374 e. The van der Waals surface area contributed by atoms with Gasteiger partial charge in [0.1, 0.15) is 5.84 Å². The van der Waals surface area contributed by atoms with Crippen molar-refractivity contribution >= 4 is 23.3 Å². The number of amidine groups is 2. The first-order valence-corrected chi connectivity index (χ1v) is 5.98. The number of esters is 1. The molecule has 92 valence electrons. The minimum absolute atomic E-state index is 0.340. The molecular formula is C13H13N3O2. The Labute approximate surface area is 105 Å². The van der Waals surface area contributed by atoms with Crippen LogP contribution in [0.1, 0.15) is 12.5 Å². The monoisotopic (exact) mass is 243 g/mol. The van der Waals surface area contributed by atoms with E-state index < -0.39 is 0 Å². The van der Waals surface area contributed by atoms with Crippen LogP contribution in [-0.2, 0) is 9.53 Å². The highest BCUT2D eigenvalue weighted by Gasteiger charge is 2.33. The third-order valence-corrected chi connectivity index (χ3v) is 2.93. The molecule has 1 aromatic rings. The molecule has 3 rings (SSSR count). The van der Waals surface area contributed by atoms with E-state index in [2.05, 4.69) is 9.98 Å². The molecule has 0 atom stereocenters. The Morgan fingerprint density at radius 1 is 1.44 bits per heavy atom. The van der Waals surface area contributed by atoms with Crippen molar-refractivity contribution < 1.29 is 9.53 Å². The van der Waals surface area contributed by atoms with Gasteiger partial charge in [-0.15, -0.1) is 0 Å². The maximum atomic E-state index is 11.9. The number of rotatable bonds is 2. The summed E-state index contributed by atoms with van der Waals surface area (Å²) in [6.07, 6.45) is 0. The van der Waals surface area contributed by atoms with Crippen LogP contribution < -0.4 is 0 Å². The van der Waals surface area contributed by atoms with Crippen LogP contribution >= 0.6 is 0 Å². The minimum atomic E-state index is -0.387. The van der Waals surface area contributed by atoms with Gasteiger partial charge in [-0.1, -0.05) is 12.1 Å². The molecule has 2 heterocycles. The van der Waals surface area contributed by atoms with E-state index in [0.717, 1.165) is 17.1 Å². The predicted octanol–water partition coefficient (Wildman–Crippen LogP) is 1.36. The van der Waals surface area contributed by atoms with Crippen LogP contribution in [-0.4, -0.2) is 42.2 Å². The van der Waals surface area contributed by atoms with Crippen molar-refractivity contribution in [1.29, 1.82) is 0 Å². The van der Waals surface area contributed by atoms with Crippen molar-refractivity contribution in [3.63, 3.8) is 0 Å². The van der Waals surface area contributed by atoms with Gasteiger partial charge in [0.15, 0.2) is 0 Å². The molecule has 0 aromatic heterocycles. The lowest BCUT2D eigenvalue weighted by Gasteiger charge is -2.25. The lowest BCUT2D eigenvalue weighted by molar-refractivity contribution is -0.135. The van der Waals surface area contributed by atoms with Gasteiger partial charge >= 0.3 is 5.97 Å². The number of fused-ring (bicyclic) bond motifs is 3. The first kappa shape index (κ1) is 11.0. The van der Waals surface area contributed by atoms with E-state index in [1.54, 1.807) is 6.92 Å². The number of benzene rings is 1. The molecule has 0 spiro atoms. The SMILES string of the molecule is CCOC(=O)C1=Nc2ccccc2C2=NCCN12. The lowest BCUT2D eigenvalue weighted by atomic mass is 10.1. The smallest absolute Gasteiger partial charge is 0.374 e. The van der Waals surface area contributed by atoms with Gasteiger partial charge < -0.3 is 9.64 Å². The van der Waals surface area contributed by atoms with Crippen LogP contribution in [0.2, 0.25) is 0 Å². The van der Waals surface area contributed by atoms with E-state index in [0.29, 0.717) is 25.5 Å². The Morgan fingerprint density at radius 2 is 2.28 bits per heavy atom. The lowest BCUT2D eigenvalue weighted by Crippen LogP contribution is -2.42. The first-order valence-electron chi connectivity index (χ1n) is 5.98. The molecule has 1 aromatic carbocycles. The van der Waals surface area contributed by atoms with Gasteiger partial charge in [0, 0.05) is 12.1 Å². The first-order chi connectivity index (χ1) is 8.81. The molecule has 0 radical (unpaired) electrons. The molecule has 0 saturated heterocycles. The van der Waals surface area contributed by atoms with Crippen LogP contribution in [0.3, 0.4) is 0 Å². The van der Waals surface area contributed by atoms with Gasteiger partial charge in [0.05, 0.1) is 18.8 Å². The molecule has 0 unspecified atom stereocenters. The van der Waals surface area contributed by atoms with Gasteiger partial charge in [-0.2, -0.15) is 0 Å². The Balaban J connectivity index is 2.09. The highest BCUT2D eigenvalue weighted by atomic mass is 16.5. The quantitative estimate of drug-likeness (QED) is 0.737. The third-order valence-electron chi connectivity index (χ3n) is 2.93. The second-order valence-electron chi connectivity index (χ2n) is 4.03. The predicted molar refractivity (Wildman–Crippen MR) is 68.3 cm³/mol. The van der Waals surface area contributed by atoms with E-state index in [1.807, 2.05) is 29.2 Å². The molecule has 5 nitrogen and oxygen atoms in total. The Morgan fingerprint density at radius 3 is 3.11 bits per heavy atom. The summed E-state index contributed by atoms with van der Waals surface area (Å²) in [7, 11) is 0. The van der Waals surface area contributed by atoms with Gasteiger partial charge in [-0.05, 0) is 19.1 Å². The average Bonchev–Trinajstić information content (AvgIpc) is 2.87. The highest BCUT2D eigenvalue weighted by molar-refractivity contribution is 6.41. The summed E-state index contributed by atoms with van der Waals surface area (Å²) in [5.74, 6) is 0.775. The summed E-state index contributed by atoms with van der Waals surface area (Å²) >= 11 is 0. The molecule has 18 heavy (non-hydrogen) atoms. The Hall–Kier alpha value is -2.17. The van der Waals surface area contributed by atoms with Crippen molar-refractivity contribution in [3.05, 3.63) is 29.8 Å². The largest absolute Gasteiger partial charge is 0.460 e. The molecule has 0 saturated carbocycles. The molecule has 0 N–H and O–H groups in total. The number of hydrogen-bond acceptors (Lipinski definition) is 5. The molecular weight excluding hydrogens is 230 g/mol. The third kappa shape index (κ3) is 1.59. The molecule has 0 bridgehead atoms. The fourth-order valence-electron chi connectivity index (χ4n) is 2.17. The van der Waals surface area contributed by atoms with Crippen molar-refractivity contribution in [3.8, 4) is 0 Å². The summed E-state index contributed by atoms with van der Waals surface area (Å²) in [5.41, 5.74) is 1.75. The van der Waals surface area contributed by atoms with Gasteiger partial charge in [-0.25, -0.2) is 9.79 Å². The van der Waals surface area contributed by atoms with Gasteiger partial charge in [0.2, 0.25) is 5.84 Å². The number of hydrogen-bond donors (Lipinski definition) is 0. The number of para-hydroxylation sites is 1. The number of nitrogens with zero attached hydrogens (tertiary/aromatic N) is 3. The average molecular weight is 243 g/mol. The fourth-order valence-corrected chi connectivity index (χ4v) is 2.17. The van der Waals surface area contributed by atoms with E-state index in [1.165, 1.54) is 0 Å². The molecule has 0 amide bonds. The number of carbonyl (C=O) groups excluding carboxylic acids is 1. The van der Waals surface area contributed by atoms with Crippen molar-refractivity contribution in [2.45, 2.75) is 6.92 Å². The number of aliphatic imine (C=N–C) groups is 2. The fraction of sp³-hybridized carbons (Fsp3) is 0.308. The number of carbonyl (C=O) groups is 1. The molecule has 2 aliphatic heterocycles. The molecule has 0 fully saturated rings. The van der Waals surface area contributed by atoms with E-state index in [4.69, 9.17) is 4.74 Å². The maximum absolute atomic E-state index is 11.9. The topological polar surface area (TPSA) is 54.3 Å². The standard InChI is InChI=1S/C13H13N3O2/c1-2-18-13(17)12-15-10-6-4-3-5-9(10)11-14-7-8-16(11)12/h3-6H,2,7-8H2,1H3. The zero-order chi connectivity index (χ0) is 12.5. The van der Waals surface area contributed by atoms with E-state index in [9.17, 15) is 4.79 Å². The summed E-state index contributed by atoms with van der Waals surface area (Å²) in [4.78, 5) is 22.6. The van der Waals surface area contributed by atoms with Crippen molar-refractivity contribution in [2.24, 2.45) is 9.98 Å².